The largest absolute Gasteiger partial charge is 0.462 e. The summed E-state index contributed by atoms with van der Waals surface area (Å²) in [6.45, 7) is 0.851. The Morgan fingerprint density at radius 1 is 1.29 bits per heavy atom. The van der Waals surface area contributed by atoms with E-state index in [2.05, 4.69) is 0 Å². The Kier molecular flexibility index (Phi) is 3.05. The Morgan fingerprint density at radius 3 is 2.90 bits per heavy atom. The van der Waals surface area contributed by atoms with Crippen LogP contribution in [0.1, 0.15) is 24.8 Å². The van der Waals surface area contributed by atoms with Crippen molar-refractivity contribution in [2.75, 3.05) is 6.61 Å². The molecule has 21 heavy (non-hydrogen) atoms. The van der Waals surface area contributed by atoms with E-state index in [9.17, 15) is 9.90 Å². The van der Waals surface area contributed by atoms with Crippen LogP contribution in [0.25, 0.3) is 0 Å². The minimum Gasteiger partial charge on any atom is -0.462 e. The maximum absolute atomic E-state index is 12.3. The molecule has 1 aliphatic heterocycles. The molecule has 112 valence electrons. The molecule has 1 heterocycles. The normalized spacial score (nSPS) is 40.3. The number of benzene rings is 1. The predicted octanol–water partition coefficient (Wildman–Crippen LogP) is 1.91. The molecule has 5 atom stereocenters. The van der Waals surface area contributed by atoms with Crippen LogP contribution < -0.4 is 0 Å². The van der Waals surface area contributed by atoms with Gasteiger partial charge >= 0.3 is 5.97 Å². The number of ether oxygens (including phenoxy) is 2. The van der Waals surface area contributed by atoms with E-state index in [0.29, 0.717) is 19.6 Å². The molecule has 0 bridgehead atoms. The molecule has 4 nitrogen and oxygen atoms in total. The Hall–Kier alpha value is -1.39. The SMILES string of the molecule is O=C1O[C@@H]2CC[C@H]3[C@@H]2[C@]1(COCc1ccccc1)C[C@H]3O. The average molecular weight is 288 g/mol. The van der Waals surface area contributed by atoms with E-state index in [0.717, 1.165) is 18.4 Å². The van der Waals surface area contributed by atoms with Crippen molar-refractivity contribution >= 4 is 5.97 Å². The quantitative estimate of drug-likeness (QED) is 0.860. The summed E-state index contributed by atoms with van der Waals surface area (Å²) in [5.41, 5.74) is 0.485. The lowest BCUT2D eigenvalue weighted by molar-refractivity contribution is -0.152. The number of aliphatic hydroxyl groups excluding tert-OH is 1. The van der Waals surface area contributed by atoms with Crippen molar-refractivity contribution in [1.82, 2.24) is 0 Å². The summed E-state index contributed by atoms with van der Waals surface area (Å²) in [5, 5.41) is 10.3. The van der Waals surface area contributed by atoms with Crippen molar-refractivity contribution in [1.29, 1.82) is 0 Å². The molecular formula is C17H20O4. The Morgan fingerprint density at radius 2 is 2.10 bits per heavy atom. The zero-order chi connectivity index (χ0) is 14.4. The highest BCUT2D eigenvalue weighted by molar-refractivity contribution is 5.81. The first-order valence-corrected chi connectivity index (χ1v) is 7.71. The standard InChI is InChI=1S/C17H20O4/c18-13-8-17(10-20-9-11-4-2-1-3-5-11)15-12(13)6-7-14(15)21-16(17)19/h1-5,12-15,18H,6-10H2/t12-,13-,14-,15+,17-/m1/s1. The molecule has 2 aliphatic carbocycles. The second-order valence-corrected chi connectivity index (χ2v) is 6.62. The van der Waals surface area contributed by atoms with Crippen molar-refractivity contribution in [3.63, 3.8) is 0 Å². The highest BCUT2D eigenvalue weighted by Gasteiger charge is 2.68. The van der Waals surface area contributed by atoms with E-state index in [1.165, 1.54) is 0 Å². The third-order valence-corrected chi connectivity index (χ3v) is 5.49. The number of aliphatic hydroxyl groups is 1. The van der Waals surface area contributed by atoms with Crippen molar-refractivity contribution in [3.05, 3.63) is 35.9 Å². The molecule has 3 aliphatic rings. The van der Waals surface area contributed by atoms with Crippen LogP contribution in [0.2, 0.25) is 0 Å². The maximum atomic E-state index is 12.3. The minimum atomic E-state index is -0.611. The highest BCUT2D eigenvalue weighted by atomic mass is 16.6. The van der Waals surface area contributed by atoms with Crippen molar-refractivity contribution < 1.29 is 19.4 Å². The van der Waals surface area contributed by atoms with E-state index in [1.54, 1.807) is 0 Å². The molecular weight excluding hydrogens is 268 g/mol. The van der Waals surface area contributed by atoms with Gasteiger partial charge in [-0.1, -0.05) is 30.3 Å². The predicted molar refractivity (Wildman–Crippen MR) is 75.2 cm³/mol. The molecule has 0 amide bonds. The maximum Gasteiger partial charge on any atom is 0.315 e. The summed E-state index contributed by atoms with van der Waals surface area (Å²) >= 11 is 0. The monoisotopic (exact) mass is 288 g/mol. The number of hydrogen-bond donors (Lipinski definition) is 1. The van der Waals surface area contributed by atoms with Gasteiger partial charge in [0.05, 0.1) is 19.3 Å². The van der Waals surface area contributed by atoms with Crippen LogP contribution in [0.5, 0.6) is 0 Å². The lowest BCUT2D eigenvalue weighted by Crippen LogP contribution is -2.35. The van der Waals surface area contributed by atoms with Gasteiger partial charge in [-0.3, -0.25) is 4.79 Å². The van der Waals surface area contributed by atoms with Gasteiger partial charge in [-0.25, -0.2) is 0 Å². The molecule has 1 aromatic carbocycles. The van der Waals surface area contributed by atoms with Gasteiger partial charge in [-0.2, -0.15) is 0 Å². The van der Waals surface area contributed by atoms with E-state index in [1.807, 2.05) is 30.3 Å². The smallest absolute Gasteiger partial charge is 0.315 e. The third kappa shape index (κ3) is 1.93. The van der Waals surface area contributed by atoms with Gasteiger partial charge in [-0.15, -0.1) is 0 Å². The number of hydrogen-bond acceptors (Lipinski definition) is 4. The van der Waals surface area contributed by atoms with Crippen LogP contribution in [0.4, 0.5) is 0 Å². The molecule has 0 radical (unpaired) electrons. The minimum absolute atomic E-state index is 0.0000229. The molecule has 0 unspecified atom stereocenters. The summed E-state index contributed by atoms with van der Waals surface area (Å²) in [4.78, 5) is 12.3. The van der Waals surface area contributed by atoms with Gasteiger partial charge in [0.25, 0.3) is 0 Å². The lowest BCUT2D eigenvalue weighted by Gasteiger charge is -2.24. The Bertz CT molecular complexity index is 543. The molecule has 1 aromatic rings. The van der Waals surface area contributed by atoms with Crippen molar-refractivity contribution in [2.45, 2.75) is 38.1 Å². The van der Waals surface area contributed by atoms with Crippen LogP contribution in [0.3, 0.4) is 0 Å². The van der Waals surface area contributed by atoms with Crippen LogP contribution in [-0.4, -0.2) is 29.9 Å². The second-order valence-electron chi connectivity index (χ2n) is 6.62. The van der Waals surface area contributed by atoms with Gasteiger partial charge in [0, 0.05) is 5.92 Å². The Labute approximate surface area is 124 Å². The summed E-state index contributed by atoms with van der Waals surface area (Å²) in [6.07, 6.45) is 1.96. The molecule has 4 rings (SSSR count). The molecule has 3 fully saturated rings. The topological polar surface area (TPSA) is 55.8 Å². The van der Waals surface area contributed by atoms with Gasteiger partial charge in [0.15, 0.2) is 0 Å². The van der Waals surface area contributed by atoms with Gasteiger partial charge in [0.1, 0.15) is 11.5 Å². The van der Waals surface area contributed by atoms with E-state index < -0.39 is 5.41 Å². The third-order valence-electron chi connectivity index (χ3n) is 5.49. The Balaban J connectivity index is 1.49. The van der Waals surface area contributed by atoms with E-state index in [-0.39, 0.29) is 30.0 Å². The van der Waals surface area contributed by atoms with Gasteiger partial charge in [0.2, 0.25) is 0 Å². The summed E-state index contributed by atoms with van der Waals surface area (Å²) in [6, 6.07) is 9.94. The molecule has 1 N–H and O–H groups in total. The zero-order valence-corrected chi connectivity index (χ0v) is 11.9. The highest BCUT2D eigenvalue weighted by Crippen LogP contribution is 2.60. The molecule has 4 heteroatoms. The van der Waals surface area contributed by atoms with Crippen LogP contribution >= 0.6 is 0 Å². The van der Waals surface area contributed by atoms with E-state index in [4.69, 9.17) is 9.47 Å². The van der Waals surface area contributed by atoms with Crippen LogP contribution in [0.15, 0.2) is 30.3 Å². The second kappa shape index (κ2) is 4.82. The van der Waals surface area contributed by atoms with Crippen LogP contribution in [0, 0.1) is 17.3 Å². The first-order valence-electron chi connectivity index (χ1n) is 7.71. The van der Waals surface area contributed by atoms with Crippen molar-refractivity contribution in [2.24, 2.45) is 17.3 Å². The molecule has 1 saturated heterocycles. The van der Waals surface area contributed by atoms with Gasteiger partial charge in [-0.05, 0) is 30.7 Å². The molecule has 0 aromatic heterocycles. The fourth-order valence-electron chi connectivity index (χ4n) is 4.60. The first kappa shape index (κ1) is 13.3. The van der Waals surface area contributed by atoms with Gasteiger partial charge < -0.3 is 14.6 Å². The van der Waals surface area contributed by atoms with Crippen LogP contribution in [-0.2, 0) is 20.9 Å². The fraction of sp³-hybridized carbons (Fsp3) is 0.588. The first-order chi connectivity index (χ1) is 10.2. The van der Waals surface area contributed by atoms with Crippen molar-refractivity contribution in [3.8, 4) is 0 Å². The summed E-state index contributed by atoms with van der Waals surface area (Å²) < 4.78 is 11.4. The number of esters is 1. The summed E-state index contributed by atoms with van der Waals surface area (Å²) in [5.74, 6) is 0.198. The van der Waals surface area contributed by atoms with E-state index >= 15 is 0 Å². The fourth-order valence-corrected chi connectivity index (χ4v) is 4.60. The zero-order valence-electron chi connectivity index (χ0n) is 11.9. The average Bonchev–Trinajstić information content (AvgIpc) is 3.09. The number of carbonyl (C=O) groups excluding carboxylic acids is 1. The number of carbonyl (C=O) groups is 1. The summed E-state index contributed by atoms with van der Waals surface area (Å²) in [7, 11) is 0. The molecule has 0 spiro atoms. The number of rotatable bonds is 4. The lowest BCUT2D eigenvalue weighted by atomic mass is 9.78. The molecule has 2 saturated carbocycles.